The first-order valence-corrected chi connectivity index (χ1v) is 6.30. The first kappa shape index (κ1) is 11.4. The predicted molar refractivity (Wildman–Crippen MR) is 60.9 cm³/mol. The van der Waals surface area contributed by atoms with E-state index in [9.17, 15) is 0 Å². The van der Waals surface area contributed by atoms with Crippen molar-refractivity contribution in [1.82, 2.24) is 0 Å². The van der Waals surface area contributed by atoms with Crippen LogP contribution >= 0.6 is 0 Å². The van der Waals surface area contributed by atoms with Crippen molar-refractivity contribution < 1.29 is 9.47 Å². The van der Waals surface area contributed by atoms with Gasteiger partial charge in [0.05, 0.1) is 24.4 Å². The fraction of sp³-hybridized carbons (Fsp3) is 1.00. The van der Waals surface area contributed by atoms with Gasteiger partial charge in [-0.1, -0.05) is 13.8 Å². The monoisotopic (exact) mass is 212 g/mol. The molecule has 0 amide bonds. The lowest BCUT2D eigenvalue weighted by Gasteiger charge is -2.50. The summed E-state index contributed by atoms with van der Waals surface area (Å²) in [5, 5.41) is 0. The Morgan fingerprint density at radius 1 is 1.13 bits per heavy atom. The molecule has 0 spiro atoms. The van der Waals surface area contributed by atoms with Crippen molar-refractivity contribution in [3.63, 3.8) is 0 Å². The van der Waals surface area contributed by atoms with Gasteiger partial charge >= 0.3 is 0 Å². The molecule has 4 unspecified atom stereocenters. The Bertz CT molecular complexity index is 225. The van der Waals surface area contributed by atoms with Crippen molar-refractivity contribution in [2.75, 3.05) is 6.61 Å². The summed E-state index contributed by atoms with van der Waals surface area (Å²) in [6.45, 7) is 9.92. The molecule has 88 valence electrons. The molecule has 0 aromatic carbocycles. The summed E-state index contributed by atoms with van der Waals surface area (Å²) in [5.41, 5.74) is 0.116. The molecule has 0 radical (unpaired) electrons. The zero-order chi connectivity index (χ0) is 11.1. The molecule has 4 atom stereocenters. The average molecular weight is 212 g/mol. The van der Waals surface area contributed by atoms with Crippen molar-refractivity contribution in [2.24, 2.45) is 11.8 Å². The molecule has 2 fully saturated rings. The van der Waals surface area contributed by atoms with Gasteiger partial charge in [0, 0.05) is 11.8 Å². The maximum absolute atomic E-state index is 5.86. The van der Waals surface area contributed by atoms with Gasteiger partial charge in [-0.15, -0.1) is 0 Å². The summed E-state index contributed by atoms with van der Waals surface area (Å²) in [4.78, 5) is 0. The van der Waals surface area contributed by atoms with E-state index in [0.717, 1.165) is 12.5 Å². The highest BCUT2D eigenvalue weighted by Gasteiger charge is 2.45. The summed E-state index contributed by atoms with van der Waals surface area (Å²) in [6.07, 6.45) is 4.70. The summed E-state index contributed by atoms with van der Waals surface area (Å²) in [7, 11) is 0. The first-order valence-electron chi connectivity index (χ1n) is 6.30. The van der Waals surface area contributed by atoms with Gasteiger partial charge in [-0.3, -0.25) is 0 Å². The molecule has 2 aliphatic heterocycles. The molecule has 2 heterocycles. The van der Waals surface area contributed by atoms with Crippen LogP contribution in [0.1, 0.15) is 47.0 Å². The zero-order valence-electron chi connectivity index (χ0n) is 10.5. The Morgan fingerprint density at radius 3 is 2.20 bits per heavy atom. The Balaban J connectivity index is 1.59. The highest BCUT2D eigenvalue weighted by Crippen LogP contribution is 2.40. The maximum Gasteiger partial charge on any atom is 0.0680 e. The van der Waals surface area contributed by atoms with E-state index in [0.29, 0.717) is 18.1 Å². The molecule has 2 heteroatoms. The van der Waals surface area contributed by atoms with Crippen molar-refractivity contribution in [1.29, 1.82) is 0 Å². The number of ether oxygens (including phenoxy) is 2. The van der Waals surface area contributed by atoms with Gasteiger partial charge in [0.1, 0.15) is 0 Å². The van der Waals surface area contributed by atoms with E-state index < -0.39 is 0 Å². The largest absolute Gasteiger partial charge is 0.377 e. The van der Waals surface area contributed by atoms with Crippen LogP contribution in [0.5, 0.6) is 0 Å². The minimum absolute atomic E-state index is 0.116. The SMILES string of the molecule is CC1COC1CCCC1OC(C)(C)C1C. The van der Waals surface area contributed by atoms with E-state index in [2.05, 4.69) is 27.7 Å². The quantitative estimate of drug-likeness (QED) is 0.713. The molecule has 2 saturated heterocycles. The van der Waals surface area contributed by atoms with Crippen LogP contribution < -0.4 is 0 Å². The molecular formula is C13H24O2. The first-order chi connectivity index (χ1) is 7.00. The third-order valence-electron chi connectivity index (χ3n) is 4.29. The van der Waals surface area contributed by atoms with Gasteiger partial charge in [-0.2, -0.15) is 0 Å². The van der Waals surface area contributed by atoms with Crippen molar-refractivity contribution in [3.05, 3.63) is 0 Å². The highest BCUT2D eigenvalue weighted by atomic mass is 16.5. The molecule has 0 aromatic rings. The number of rotatable bonds is 4. The van der Waals surface area contributed by atoms with E-state index in [1.54, 1.807) is 0 Å². The molecule has 2 rings (SSSR count). The standard InChI is InChI=1S/C13H24O2/c1-9-8-14-11(9)6-5-7-12-10(2)13(3,4)15-12/h9-12H,5-8H2,1-4H3. The van der Waals surface area contributed by atoms with Gasteiger partial charge < -0.3 is 9.47 Å². The Morgan fingerprint density at radius 2 is 1.80 bits per heavy atom. The van der Waals surface area contributed by atoms with Gasteiger partial charge in [0.2, 0.25) is 0 Å². The maximum atomic E-state index is 5.86. The molecule has 0 aliphatic carbocycles. The predicted octanol–water partition coefficient (Wildman–Crippen LogP) is 3.01. The third-order valence-corrected chi connectivity index (χ3v) is 4.29. The summed E-state index contributed by atoms with van der Waals surface area (Å²) < 4.78 is 11.4. The lowest BCUT2D eigenvalue weighted by molar-refractivity contribution is -0.238. The zero-order valence-corrected chi connectivity index (χ0v) is 10.5. The molecule has 0 N–H and O–H groups in total. The minimum atomic E-state index is 0.116. The average Bonchev–Trinajstić information content (AvgIpc) is 2.19. The molecule has 2 aliphatic rings. The van der Waals surface area contributed by atoms with Crippen LogP contribution in [0.15, 0.2) is 0 Å². The molecule has 0 bridgehead atoms. The van der Waals surface area contributed by atoms with Crippen molar-refractivity contribution in [3.8, 4) is 0 Å². The lowest BCUT2D eigenvalue weighted by atomic mass is 9.78. The minimum Gasteiger partial charge on any atom is -0.377 e. The van der Waals surface area contributed by atoms with Gasteiger partial charge in [-0.05, 0) is 33.1 Å². The molecule has 2 nitrogen and oxygen atoms in total. The second-order valence-corrected chi connectivity index (χ2v) is 5.83. The lowest BCUT2D eigenvalue weighted by Crippen LogP contribution is -2.54. The molecule has 15 heavy (non-hydrogen) atoms. The fourth-order valence-corrected chi connectivity index (χ4v) is 2.60. The Labute approximate surface area is 93.3 Å². The summed E-state index contributed by atoms with van der Waals surface area (Å²) in [5.74, 6) is 1.48. The van der Waals surface area contributed by atoms with Crippen LogP contribution in [0.25, 0.3) is 0 Å². The topological polar surface area (TPSA) is 18.5 Å². The van der Waals surface area contributed by atoms with E-state index in [1.807, 2.05) is 0 Å². The van der Waals surface area contributed by atoms with Gasteiger partial charge in [0.15, 0.2) is 0 Å². The number of hydrogen-bond acceptors (Lipinski definition) is 2. The third kappa shape index (κ3) is 2.21. The molecule has 0 saturated carbocycles. The Kier molecular flexibility index (Phi) is 3.09. The van der Waals surface area contributed by atoms with Crippen LogP contribution in [0.4, 0.5) is 0 Å². The van der Waals surface area contributed by atoms with Gasteiger partial charge in [-0.25, -0.2) is 0 Å². The van der Waals surface area contributed by atoms with Gasteiger partial charge in [0.25, 0.3) is 0 Å². The van der Waals surface area contributed by atoms with Crippen LogP contribution in [-0.2, 0) is 9.47 Å². The molecular weight excluding hydrogens is 188 g/mol. The molecule has 0 aromatic heterocycles. The van der Waals surface area contributed by atoms with Crippen LogP contribution in [0.2, 0.25) is 0 Å². The van der Waals surface area contributed by atoms with Crippen LogP contribution in [0, 0.1) is 11.8 Å². The van der Waals surface area contributed by atoms with Crippen LogP contribution in [-0.4, -0.2) is 24.4 Å². The second-order valence-electron chi connectivity index (χ2n) is 5.83. The van der Waals surface area contributed by atoms with E-state index in [-0.39, 0.29) is 5.60 Å². The van der Waals surface area contributed by atoms with E-state index >= 15 is 0 Å². The van der Waals surface area contributed by atoms with Crippen molar-refractivity contribution >= 4 is 0 Å². The smallest absolute Gasteiger partial charge is 0.0680 e. The summed E-state index contributed by atoms with van der Waals surface area (Å²) >= 11 is 0. The van der Waals surface area contributed by atoms with E-state index in [4.69, 9.17) is 9.47 Å². The normalized spacial score (nSPS) is 43.2. The van der Waals surface area contributed by atoms with Crippen molar-refractivity contribution in [2.45, 2.75) is 64.8 Å². The highest BCUT2D eigenvalue weighted by molar-refractivity contribution is 4.92. The fourth-order valence-electron chi connectivity index (χ4n) is 2.60. The summed E-state index contributed by atoms with van der Waals surface area (Å²) in [6, 6.07) is 0. The van der Waals surface area contributed by atoms with E-state index in [1.165, 1.54) is 19.3 Å². The number of hydrogen-bond donors (Lipinski definition) is 0. The second kappa shape index (κ2) is 4.06. The Hall–Kier alpha value is -0.0800. The van der Waals surface area contributed by atoms with Crippen LogP contribution in [0.3, 0.4) is 0 Å².